The van der Waals surface area contributed by atoms with Gasteiger partial charge >= 0.3 is 0 Å². The predicted molar refractivity (Wildman–Crippen MR) is 248 cm³/mol. The SMILES string of the molecule is CC1(C)CCC(C)(C)c2cc(-c3cccc(N(c4ccc(-c5cccc6ccccc56)cc4)c4cccc5c4-c4ccccc4C54C5CC6CC(C5)CC4C6)c3)ccc21. The van der Waals surface area contributed by atoms with Crippen LogP contribution in [0.4, 0.5) is 17.1 Å². The first-order valence-electron chi connectivity index (χ1n) is 22.6. The Morgan fingerprint density at radius 1 is 0.441 bits per heavy atom. The van der Waals surface area contributed by atoms with Crippen LogP contribution in [0.15, 0.2) is 152 Å². The lowest BCUT2D eigenvalue weighted by molar-refractivity contribution is -0.0399. The van der Waals surface area contributed by atoms with Crippen molar-refractivity contribution in [2.24, 2.45) is 23.7 Å². The molecule has 0 radical (unpaired) electrons. The van der Waals surface area contributed by atoms with E-state index in [1.807, 2.05) is 0 Å². The van der Waals surface area contributed by atoms with Gasteiger partial charge in [0.1, 0.15) is 0 Å². The van der Waals surface area contributed by atoms with Gasteiger partial charge in [-0.25, -0.2) is 0 Å². The molecule has 13 rings (SSSR count). The highest BCUT2D eigenvalue weighted by Gasteiger charge is 2.61. The first-order valence-corrected chi connectivity index (χ1v) is 22.6. The molecule has 0 N–H and O–H groups in total. The van der Waals surface area contributed by atoms with E-state index < -0.39 is 0 Å². The van der Waals surface area contributed by atoms with Crippen molar-refractivity contribution in [2.45, 2.75) is 88.9 Å². The van der Waals surface area contributed by atoms with Gasteiger partial charge in [-0.2, -0.15) is 0 Å². The van der Waals surface area contributed by atoms with Crippen LogP contribution in [0.1, 0.15) is 94.9 Å². The second-order valence-corrected chi connectivity index (χ2v) is 20.4. The van der Waals surface area contributed by atoms with E-state index in [-0.39, 0.29) is 16.2 Å². The Morgan fingerprint density at radius 3 is 1.85 bits per heavy atom. The highest BCUT2D eigenvalue weighted by Crippen LogP contribution is 2.70. The summed E-state index contributed by atoms with van der Waals surface area (Å²) in [6, 6.07) is 58.5. The van der Waals surface area contributed by atoms with Crippen LogP contribution in [-0.2, 0) is 16.2 Å². The van der Waals surface area contributed by atoms with Crippen molar-refractivity contribution >= 4 is 27.8 Å². The summed E-state index contributed by atoms with van der Waals surface area (Å²) in [5.74, 6) is 3.29. The molecule has 7 aromatic carbocycles. The summed E-state index contributed by atoms with van der Waals surface area (Å²) in [6.45, 7) is 9.73. The Morgan fingerprint density at radius 2 is 1.05 bits per heavy atom. The van der Waals surface area contributed by atoms with E-state index in [2.05, 4.69) is 184 Å². The third-order valence-electron chi connectivity index (χ3n) is 16.3. The highest BCUT2D eigenvalue weighted by molar-refractivity contribution is 5.98. The fourth-order valence-electron chi connectivity index (χ4n) is 13.7. The Kier molecular flexibility index (Phi) is 7.71. The molecule has 4 saturated carbocycles. The molecule has 1 nitrogen and oxygen atoms in total. The zero-order chi connectivity index (χ0) is 39.7. The zero-order valence-electron chi connectivity index (χ0n) is 35.1. The second kappa shape index (κ2) is 12.8. The maximum Gasteiger partial charge on any atom is 0.0543 e. The Hall–Kier alpha value is -5.40. The maximum absolute atomic E-state index is 2.59. The lowest BCUT2D eigenvalue weighted by Crippen LogP contribution is -2.55. The van der Waals surface area contributed by atoms with Gasteiger partial charge in [0.25, 0.3) is 0 Å². The molecule has 0 heterocycles. The second-order valence-electron chi connectivity index (χ2n) is 20.4. The molecule has 6 aliphatic rings. The summed E-state index contributed by atoms with van der Waals surface area (Å²) >= 11 is 0. The summed E-state index contributed by atoms with van der Waals surface area (Å²) in [5, 5.41) is 2.57. The molecule has 6 aliphatic carbocycles. The van der Waals surface area contributed by atoms with Crippen LogP contribution in [-0.4, -0.2) is 0 Å². The number of fused-ring (bicyclic) bond motifs is 5. The Labute approximate surface area is 351 Å². The van der Waals surface area contributed by atoms with E-state index in [4.69, 9.17) is 0 Å². The topological polar surface area (TPSA) is 3.24 Å². The van der Waals surface area contributed by atoms with Crippen LogP contribution < -0.4 is 4.90 Å². The minimum atomic E-state index is 0.116. The first-order chi connectivity index (χ1) is 28.7. The summed E-state index contributed by atoms with van der Waals surface area (Å²) in [4.78, 5) is 2.59. The van der Waals surface area contributed by atoms with E-state index in [0.29, 0.717) is 0 Å². The van der Waals surface area contributed by atoms with Crippen molar-refractivity contribution in [1.29, 1.82) is 0 Å². The van der Waals surface area contributed by atoms with Gasteiger partial charge in [0.2, 0.25) is 0 Å². The average Bonchev–Trinajstić information content (AvgIpc) is 3.56. The number of rotatable bonds is 5. The molecule has 0 unspecified atom stereocenters. The molecule has 1 heteroatoms. The fraction of sp³-hybridized carbons (Fsp3) is 0.310. The van der Waals surface area contributed by atoms with Gasteiger partial charge in [-0.3, -0.25) is 0 Å². The van der Waals surface area contributed by atoms with Gasteiger partial charge in [0.05, 0.1) is 5.69 Å². The number of anilines is 3. The molecule has 7 aromatic rings. The largest absolute Gasteiger partial charge is 0.310 e. The smallest absolute Gasteiger partial charge is 0.0543 e. The minimum absolute atomic E-state index is 0.116. The molecule has 0 aromatic heterocycles. The number of nitrogens with zero attached hydrogens (tertiary/aromatic N) is 1. The van der Waals surface area contributed by atoms with Gasteiger partial charge in [-0.1, -0.05) is 149 Å². The van der Waals surface area contributed by atoms with E-state index in [9.17, 15) is 0 Å². The Balaban J connectivity index is 1.05. The van der Waals surface area contributed by atoms with E-state index in [1.165, 1.54) is 117 Å². The van der Waals surface area contributed by atoms with Crippen LogP contribution in [0.25, 0.3) is 44.2 Å². The molecule has 0 atom stereocenters. The van der Waals surface area contributed by atoms with Crippen LogP contribution >= 0.6 is 0 Å². The Bertz CT molecular complexity index is 2770. The molecule has 59 heavy (non-hydrogen) atoms. The molecule has 292 valence electrons. The standard InChI is InChI=1S/C58H55N/c1-56(2)28-29-57(3,4)53-36-42(24-27-51(53)56)41-14-9-15-46(35-41)59(45-25-22-40(23-26-45)48-18-10-13-39-12-5-6-16-47(39)48)54-21-11-20-52-55(54)49-17-7-8-19-50(49)58(52)43-31-37-30-38(33-43)34-44(58)32-37/h5-27,35-38,43-44H,28-34H2,1-4H3. The van der Waals surface area contributed by atoms with Gasteiger partial charge in [0.15, 0.2) is 0 Å². The fourth-order valence-corrected chi connectivity index (χ4v) is 13.7. The van der Waals surface area contributed by atoms with Crippen molar-refractivity contribution in [3.63, 3.8) is 0 Å². The predicted octanol–water partition coefficient (Wildman–Crippen LogP) is 15.7. The van der Waals surface area contributed by atoms with Crippen molar-refractivity contribution in [3.8, 4) is 33.4 Å². The van der Waals surface area contributed by atoms with Crippen molar-refractivity contribution in [1.82, 2.24) is 0 Å². The van der Waals surface area contributed by atoms with Crippen LogP contribution in [0.2, 0.25) is 0 Å². The third kappa shape index (κ3) is 5.22. The van der Waals surface area contributed by atoms with Gasteiger partial charge in [-0.05, 0) is 171 Å². The highest BCUT2D eigenvalue weighted by atomic mass is 15.1. The molecular formula is C58H55N. The van der Waals surface area contributed by atoms with E-state index in [1.54, 1.807) is 11.1 Å². The minimum Gasteiger partial charge on any atom is -0.310 e. The molecule has 0 saturated heterocycles. The summed E-state index contributed by atoms with van der Waals surface area (Å²) in [5.41, 5.74) is 18.4. The normalized spacial score (nSPS) is 25.2. The average molecular weight is 766 g/mol. The molecule has 0 amide bonds. The van der Waals surface area contributed by atoms with Crippen LogP contribution in [0, 0.1) is 23.7 Å². The monoisotopic (exact) mass is 765 g/mol. The lowest BCUT2D eigenvalue weighted by Gasteiger charge is -2.61. The molecule has 4 fully saturated rings. The van der Waals surface area contributed by atoms with Crippen molar-refractivity contribution < 1.29 is 0 Å². The summed E-state index contributed by atoms with van der Waals surface area (Å²) < 4.78 is 0. The number of hydrogen-bond acceptors (Lipinski definition) is 1. The van der Waals surface area contributed by atoms with Crippen LogP contribution in [0.3, 0.4) is 0 Å². The van der Waals surface area contributed by atoms with Gasteiger partial charge in [-0.15, -0.1) is 0 Å². The van der Waals surface area contributed by atoms with Crippen LogP contribution in [0.5, 0.6) is 0 Å². The number of hydrogen-bond donors (Lipinski definition) is 0. The molecule has 4 bridgehead atoms. The summed E-state index contributed by atoms with van der Waals surface area (Å²) in [6.07, 6.45) is 9.47. The molecule has 0 aliphatic heterocycles. The van der Waals surface area contributed by atoms with Gasteiger partial charge < -0.3 is 4.90 Å². The first kappa shape index (κ1) is 35.5. The maximum atomic E-state index is 2.59. The quantitative estimate of drug-likeness (QED) is 0.169. The molecule has 1 spiro atoms. The van der Waals surface area contributed by atoms with E-state index >= 15 is 0 Å². The van der Waals surface area contributed by atoms with E-state index in [0.717, 1.165) is 23.7 Å². The van der Waals surface area contributed by atoms with Crippen molar-refractivity contribution in [3.05, 3.63) is 174 Å². The number of benzene rings is 7. The zero-order valence-corrected chi connectivity index (χ0v) is 35.1. The lowest BCUT2D eigenvalue weighted by atomic mass is 9.43. The third-order valence-corrected chi connectivity index (χ3v) is 16.3. The summed E-state index contributed by atoms with van der Waals surface area (Å²) in [7, 11) is 0. The van der Waals surface area contributed by atoms with Gasteiger partial charge in [0, 0.05) is 22.4 Å². The van der Waals surface area contributed by atoms with Crippen molar-refractivity contribution in [2.75, 3.05) is 4.90 Å². The molecular weight excluding hydrogens is 711 g/mol.